The Morgan fingerprint density at radius 3 is 2.56 bits per heavy atom. The summed E-state index contributed by atoms with van der Waals surface area (Å²) in [5, 5.41) is 10.1. The quantitative estimate of drug-likeness (QED) is 0.926. The first-order chi connectivity index (χ1) is 8.41. The second-order valence-electron chi connectivity index (χ2n) is 4.45. The van der Waals surface area contributed by atoms with E-state index in [1.807, 2.05) is 38.5 Å². The molecule has 1 N–H and O–H groups in total. The number of hydrogen-bond donors (Lipinski definition) is 1. The van der Waals surface area contributed by atoms with Gasteiger partial charge in [-0.05, 0) is 33.8 Å². The fraction of sp³-hybridized carbons (Fsp3) is 0.385. The van der Waals surface area contributed by atoms with Crippen molar-refractivity contribution in [2.24, 2.45) is 0 Å². The lowest BCUT2D eigenvalue weighted by atomic mass is 10.2. The smallest absolute Gasteiger partial charge is 0.337 e. The van der Waals surface area contributed by atoms with E-state index in [-0.39, 0.29) is 6.04 Å². The molecule has 0 aliphatic rings. The van der Waals surface area contributed by atoms with Crippen molar-refractivity contribution in [2.75, 3.05) is 0 Å². The lowest BCUT2D eigenvalue weighted by molar-refractivity contribution is 0.0696. The van der Waals surface area contributed by atoms with E-state index in [1.165, 1.54) is 0 Å². The van der Waals surface area contributed by atoms with Gasteiger partial charge in [-0.1, -0.05) is 0 Å². The first kappa shape index (κ1) is 12.8. The summed E-state index contributed by atoms with van der Waals surface area (Å²) in [6, 6.07) is 1.78. The van der Waals surface area contributed by atoms with Crippen molar-refractivity contribution in [2.45, 2.75) is 33.7 Å². The third-order valence-corrected chi connectivity index (χ3v) is 4.18. The number of nitrogens with zero attached hydrogens (tertiary/aromatic N) is 2. The van der Waals surface area contributed by atoms with Gasteiger partial charge in [-0.25, -0.2) is 9.78 Å². The van der Waals surface area contributed by atoms with Crippen LogP contribution in [-0.2, 0) is 0 Å². The number of aryl methyl sites for hydroxylation is 2. The molecule has 0 aliphatic carbocycles. The van der Waals surface area contributed by atoms with E-state index in [4.69, 9.17) is 5.11 Å². The SMILES string of the molecule is Cc1cnc(C(C)n2c(C)cc(C(=O)O)c2C)s1. The summed E-state index contributed by atoms with van der Waals surface area (Å²) in [4.78, 5) is 16.7. The summed E-state index contributed by atoms with van der Waals surface area (Å²) < 4.78 is 2.03. The Balaban J connectivity index is 2.48. The molecule has 2 aromatic rings. The van der Waals surface area contributed by atoms with Gasteiger partial charge in [0.1, 0.15) is 5.01 Å². The third kappa shape index (κ3) is 2.06. The summed E-state index contributed by atoms with van der Waals surface area (Å²) in [5.74, 6) is -0.878. The summed E-state index contributed by atoms with van der Waals surface area (Å²) in [5.41, 5.74) is 2.10. The Morgan fingerprint density at radius 1 is 1.44 bits per heavy atom. The molecular weight excluding hydrogens is 248 g/mol. The van der Waals surface area contributed by atoms with Gasteiger partial charge in [0.25, 0.3) is 0 Å². The highest BCUT2D eigenvalue weighted by atomic mass is 32.1. The molecule has 1 atom stereocenters. The molecular formula is C13H16N2O2S. The zero-order valence-corrected chi connectivity index (χ0v) is 11.7. The number of carboxylic acids is 1. The summed E-state index contributed by atoms with van der Waals surface area (Å²) in [6.45, 7) is 7.83. The van der Waals surface area contributed by atoms with Gasteiger partial charge in [0.15, 0.2) is 0 Å². The number of hydrogen-bond acceptors (Lipinski definition) is 3. The van der Waals surface area contributed by atoms with Crippen molar-refractivity contribution < 1.29 is 9.90 Å². The van der Waals surface area contributed by atoms with Crippen molar-refractivity contribution in [1.29, 1.82) is 0 Å². The topological polar surface area (TPSA) is 55.1 Å². The molecule has 0 aromatic carbocycles. The minimum Gasteiger partial charge on any atom is -0.478 e. The van der Waals surface area contributed by atoms with Crippen LogP contribution in [0.3, 0.4) is 0 Å². The van der Waals surface area contributed by atoms with E-state index in [9.17, 15) is 4.79 Å². The summed E-state index contributed by atoms with van der Waals surface area (Å²) >= 11 is 1.65. The van der Waals surface area contributed by atoms with Crippen LogP contribution in [0.1, 0.15) is 44.6 Å². The minimum atomic E-state index is -0.878. The number of aromatic carboxylic acids is 1. The van der Waals surface area contributed by atoms with Crippen LogP contribution in [-0.4, -0.2) is 20.6 Å². The standard InChI is InChI=1S/C13H16N2O2S/c1-7-5-11(13(16)17)9(3)15(7)10(4)12-14-6-8(2)18-12/h5-6,10H,1-4H3,(H,16,17). The van der Waals surface area contributed by atoms with Gasteiger partial charge < -0.3 is 9.67 Å². The first-order valence-corrected chi connectivity index (χ1v) is 6.57. The maximum Gasteiger partial charge on any atom is 0.337 e. The van der Waals surface area contributed by atoms with Crippen LogP contribution in [0, 0.1) is 20.8 Å². The second kappa shape index (κ2) is 4.57. The van der Waals surface area contributed by atoms with Crippen molar-refractivity contribution in [3.63, 3.8) is 0 Å². The molecule has 2 heterocycles. The van der Waals surface area contributed by atoms with Crippen LogP contribution in [0.25, 0.3) is 0 Å². The van der Waals surface area contributed by atoms with Crippen molar-refractivity contribution in [3.05, 3.63) is 39.1 Å². The van der Waals surface area contributed by atoms with Crippen LogP contribution in [0.15, 0.2) is 12.3 Å². The molecule has 2 rings (SSSR count). The maximum absolute atomic E-state index is 11.1. The third-order valence-electron chi connectivity index (χ3n) is 3.10. The summed E-state index contributed by atoms with van der Waals surface area (Å²) in [7, 11) is 0. The molecule has 1 unspecified atom stereocenters. The molecule has 0 bridgehead atoms. The van der Waals surface area contributed by atoms with E-state index in [0.29, 0.717) is 5.56 Å². The van der Waals surface area contributed by atoms with Gasteiger partial charge in [-0.2, -0.15) is 0 Å². The molecule has 5 heteroatoms. The molecule has 0 saturated carbocycles. The molecule has 0 fully saturated rings. The van der Waals surface area contributed by atoms with E-state index in [1.54, 1.807) is 17.4 Å². The number of thiazole rings is 1. The van der Waals surface area contributed by atoms with E-state index in [0.717, 1.165) is 21.3 Å². The van der Waals surface area contributed by atoms with E-state index in [2.05, 4.69) is 4.98 Å². The Morgan fingerprint density at radius 2 is 2.11 bits per heavy atom. The average Bonchev–Trinajstić information content (AvgIpc) is 2.83. The monoisotopic (exact) mass is 264 g/mol. The molecule has 0 aliphatic heterocycles. The van der Waals surface area contributed by atoms with Gasteiger partial charge in [-0.3, -0.25) is 0 Å². The molecule has 2 aromatic heterocycles. The fourth-order valence-corrected chi connectivity index (χ4v) is 3.08. The van der Waals surface area contributed by atoms with Crippen molar-refractivity contribution >= 4 is 17.3 Å². The molecule has 0 radical (unpaired) electrons. The zero-order chi connectivity index (χ0) is 13.4. The number of aromatic nitrogens is 2. The fourth-order valence-electron chi connectivity index (χ4n) is 2.27. The van der Waals surface area contributed by atoms with Crippen LogP contribution in [0.2, 0.25) is 0 Å². The van der Waals surface area contributed by atoms with Crippen LogP contribution in [0.5, 0.6) is 0 Å². The average molecular weight is 264 g/mol. The van der Waals surface area contributed by atoms with Gasteiger partial charge in [0.05, 0.1) is 11.6 Å². The van der Waals surface area contributed by atoms with Gasteiger partial charge in [-0.15, -0.1) is 11.3 Å². The van der Waals surface area contributed by atoms with Crippen LogP contribution >= 0.6 is 11.3 Å². The van der Waals surface area contributed by atoms with Crippen molar-refractivity contribution in [3.8, 4) is 0 Å². The van der Waals surface area contributed by atoms with E-state index < -0.39 is 5.97 Å². The van der Waals surface area contributed by atoms with Crippen LogP contribution in [0.4, 0.5) is 0 Å². The highest BCUT2D eigenvalue weighted by Crippen LogP contribution is 2.28. The second-order valence-corrected chi connectivity index (χ2v) is 5.71. The Labute approximate surface area is 110 Å². The molecule has 0 spiro atoms. The Hall–Kier alpha value is -1.62. The van der Waals surface area contributed by atoms with Crippen LogP contribution < -0.4 is 0 Å². The molecule has 0 saturated heterocycles. The predicted octanol–water partition coefficient (Wildman–Crippen LogP) is 3.18. The first-order valence-electron chi connectivity index (χ1n) is 5.76. The molecule has 0 amide bonds. The molecule has 96 valence electrons. The predicted molar refractivity (Wildman–Crippen MR) is 71.5 cm³/mol. The number of carbonyl (C=O) groups is 1. The van der Waals surface area contributed by atoms with E-state index >= 15 is 0 Å². The minimum absolute atomic E-state index is 0.0665. The lowest BCUT2D eigenvalue weighted by Crippen LogP contribution is -2.10. The van der Waals surface area contributed by atoms with Crippen molar-refractivity contribution in [1.82, 2.24) is 9.55 Å². The zero-order valence-electron chi connectivity index (χ0n) is 10.9. The number of carboxylic acid groups (broad SMARTS) is 1. The number of rotatable bonds is 3. The lowest BCUT2D eigenvalue weighted by Gasteiger charge is -2.16. The van der Waals surface area contributed by atoms with Gasteiger partial charge in [0, 0.05) is 22.5 Å². The van der Waals surface area contributed by atoms with Gasteiger partial charge >= 0.3 is 5.97 Å². The Kier molecular flexibility index (Phi) is 3.26. The maximum atomic E-state index is 11.1. The highest BCUT2D eigenvalue weighted by molar-refractivity contribution is 7.11. The molecule has 4 nitrogen and oxygen atoms in total. The summed E-state index contributed by atoms with van der Waals surface area (Å²) in [6.07, 6.45) is 1.85. The molecule has 18 heavy (non-hydrogen) atoms. The normalized spacial score (nSPS) is 12.7. The Bertz CT molecular complexity index is 598. The van der Waals surface area contributed by atoms with Gasteiger partial charge in [0.2, 0.25) is 0 Å². The highest BCUT2D eigenvalue weighted by Gasteiger charge is 2.20. The largest absolute Gasteiger partial charge is 0.478 e.